The number of hydrogen-bond donors (Lipinski definition) is 2. The van der Waals surface area contributed by atoms with E-state index in [1.807, 2.05) is 0 Å². The molecular weight excluding hydrogens is 224 g/mol. The molecule has 0 radical (unpaired) electrons. The Morgan fingerprint density at radius 1 is 1.65 bits per heavy atom. The Kier molecular flexibility index (Phi) is 5.44. The van der Waals surface area contributed by atoms with Crippen molar-refractivity contribution < 1.29 is 14.3 Å². The van der Waals surface area contributed by atoms with Crippen molar-refractivity contribution in [1.29, 1.82) is 0 Å². The van der Waals surface area contributed by atoms with E-state index in [-0.39, 0.29) is 18.6 Å². The highest BCUT2D eigenvalue weighted by Gasteiger charge is 2.09. The van der Waals surface area contributed by atoms with Crippen LogP contribution in [0.3, 0.4) is 0 Å². The van der Waals surface area contributed by atoms with Crippen LogP contribution in [0, 0.1) is 0 Å². The third kappa shape index (κ3) is 4.83. The number of amides is 1. The fourth-order valence-corrected chi connectivity index (χ4v) is 1.29. The van der Waals surface area contributed by atoms with Crippen molar-refractivity contribution in [3.8, 4) is 0 Å². The average molecular weight is 242 g/mol. The minimum atomic E-state index is -0.147. The molecule has 1 rings (SSSR count). The number of nitrogens with one attached hydrogen (secondary N) is 1. The minimum Gasteiger partial charge on any atom is -0.396 e. The van der Waals surface area contributed by atoms with Crippen molar-refractivity contribution in [2.75, 3.05) is 33.1 Å². The SMILES string of the molecule is COCC(CNC(=O)Cn1cc(N)cn1)OC. The number of carbonyl (C=O) groups is 1. The average Bonchev–Trinajstić information content (AvgIpc) is 2.70. The van der Waals surface area contributed by atoms with Crippen LogP contribution in [0.4, 0.5) is 5.69 Å². The number of ether oxygens (including phenoxy) is 2. The Hall–Kier alpha value is -1.60. The smallest absolute Gasteiger partial charge is 0.241 e. The summed E-state index contributed by atoms with van der Waals surface area (Å²) in [7, 11) is 3.16. The summed E-state index contributed by atoms with van der Waals surface area (Å²) in [6.07, 6.45) is 2.95. The Balaban J connectivity index is 2.29. The van der Waals surface area contributed by atoms with Gasteiger partial charge < -0.3 is 20.5 Å². The van der Waals surface area contributed by atoms with E-state index >= 15 is 0 Å². The summed E-state index contributed by atoms with van der Waals surface area (Å²) in [6.45, 7) is 0.978. The Morgan fingerprint density at radius 3 is 2.94 bits per heavy atom. The number of hydrogen-bond acceptors (Lipinski definition) is 5. The van der Waals surface area contributed by atoms with E-state index in [0.717, 1.165) is 0 Å². The molecule has 1 unspecified atom stereocenters. The molecule has 0 aliphatic rings. The van der Waals surface area contributed by atoms with Gasteiger partial charge in [0.05, 0.1) is 24.6 Å². The maximum Gasteiger partial charge on any atom is 0.241 e. The summed E-state index contributed by atoms with van der Waals surface area (Å²) in [5.41, 5.74) is 6.02. The summed E-state index contributed by atoms with van der Waals surface area (Å²) in [4.78, 5) is 11.5. The molecule has 0 saturated heterocycles. The molecule has 1 atom stereocenters. The lowest BCUT2D eigenvalue weighted by atomic mass is 10.3. The fraction of sp³-hybridized carbons (Fsp3) is 0.600. The topological polar surface area (TPSA) is 91.4 Å². The molecular formula is C10H18N4O3. The van der Waals surface area contributed by atoms with Gasteiger partial charge in [0.15, 0.2) is 0 Å². The molecule has 1 aromatic heterocycles. The number of rotatable bonds is 7. The monoisotopic (exact) mass is 242 g/mol. The largest absolute Gasteiger partial charge is 0.396 e. The van der Waals surface area contributed by atoms with Crippen LogP contribution in [0.5, 0.6) is 0 Å². The Labute approximate surface area is 99.9 Å². The van der Waals surface area contributed by atoms with Crippen LogP contribution in [0.15, 0.2) is 12.4 Å². The van der Waals surface area contributed by atoms with Crippen molar-refractivity contribution in [3.05, 3.63) is 12.4 Å². The van der Waals surface area contributed by atoms with E-state index in [1.54, 1.807) is 20.4 Å². The third-order valence-corrected chi connectivity index (χ3v) is 2.17. The second-order valence-electron chi connectivity index (χ2n) is 3.59. The predicted molar refractivity (Wildman–Crippen MR) is 62.3 cm³/mol. The van der Waals surface area contributed by atoms with Gasteiger partial charge in [-0.2, -0.15) is 5.10 Å². The molecule has 0 spiro atoms. The second kappa shape index (κ2) is 6.87. The van der Waals surface area contributed by atoms with Gasteiger partial charge in [-0.15, -0.1) is 0 Å². The first-order chi connectivity index (χ1) is 8.15. The maximum atomic E-state index is 11.5. The van der Waals surface area contributed by atoms with Crippen LogP contribution in [0.2, 0.25) is 0 Å². The van der Waals surface area contributed by atoms with Crippen molar-refractivity contribution in [2.24, 2.45) is 0 Å². The summed E-state index contributed by atoms with van der Waals surface area (Å²) < 4.78 is 11.5. The molecule has 17 heavy (non-hydrogen) atoms. The van der Waals surface area contributed by atoms with Crippen LogP contribution in [0.1, 0.15) is 0 Å². The highest BCUT2D eigenvalue weighted by atomic mass is 16.5. The lowest BCUT2D eigenvalue weighted by Gasteiger charge is -2.14. The van der Waals surface area contributed by atoms with Gasteiger partial charge in [-0.25, -0.2) is 0 Å². The summed E-state index contributed by atoms with van der Waals surface area (Å²) in [5, 5.41) is 6.64. The zero-order valence-corrected chi connectivity index (χ0v) is 10.0. The zero-order chi connectivity index (χ0) is 12.7. The van der Waals surface area contributed by atoms with Gasteiger partial charge in [0.1, 0.15) is 6.54 Å². The molecule has 0 aromatic carbocycles. The third-order valence-electron chi connectivity index (χ3n) is 2.17. The van der Waals surface area contributed by atoms with E-state index in [4.69, 9.17) is 15.2 Å². The standard InChI is InChI=1S/C10H18N4O3/c1-16-7-9(17-2)4-12-10(15)6-14-5-8(11)3-13-14/h3,5,9H,4,6-7,11H2,1-2H3,(H,12,15). The molecule has 1 heterocycles. The fourth-order valence-electron chi connectivity index (χ4n) is 1.29. The molecule has 0 saturated carbocycles. The normalized spacial score (nSPS) is 12.4. The van der Waals surface area contributed by atoms with Gasteiger partial charge in [-0.3, -0.25) is 9.48 Å². The first-order valence-corrected chi connectivity index (χ1v) is 5.22. The van der Waals surface area contributed by atoms with Gasteiger partial charge in [0, 0.05) is 27.0 Å². The number of nitrogens with two attached hydrogens (primary N) is 1. The van der Waals surface area contributed by atoms with Gasteiger partial charge in [-0.1, -0.05) is 0 Å². The van der Waals surface area contributed by atoms with Crippen LogP contribution < -0.4 is 11.1 Å². The molecule has 1 amide bonds. The predicted octanol–water partition coefficient (Wildman–Crippen LogP) is -0.757. The number of anilines is 1. The highest BCUT2D eigenvalue weighted by Crippen LogP contribution is 1.97. The molecule has 7 heteroatoms. The first-order valence-electron chi connectivity index (χ1n) is 5.22. The van der Waals surface area contributed by atoms with Crippen molar-refractivity contribution in [3.63, 3.8) is 0 Å². The van der Waals surface area contributed by atoms with Crippen molar-refractivity contribution in [2.45, 2.75) is 12.6 Å². The van der Waals surface area contributed by atoms with Crippen LogP contribution in [-0.2, 0) is 20.8 Å². The minimum absolute atomic E-state index is 0.140. The molecule has 0 bridgehead atoms. The van der Waals surface area contributed by atoms with Crippen molar-refractivity contribution in [1.82, 2.24) is 15.1 Å². The number of methoxy groups -OCH3 is 2. The van der Waals surface area contributed by atoms with E-state index in [1.165, 1.54) is 10.9 Å². The molecule has 3 N–H and O–H groups in total. The van der Waals surface area contributed by atoms with E-state index in [9.17, 15) is 4.79 Å². The second-order valence-corrected chi connectivity index (χ2v) is 3.59. The van der Waals surface area contributed by atoms with Gasteiger partial charge in [0.2, 0.25) is 5.91 Å². The molecule has 96 valence electrons. The number of carbonyl (C=O) groups excluding carboxylic acids is 1. The molecule has 0 aliphatic heterocycles. The summed E-state index contributed by atoms with van der Waals surface area (Å²) >= 11 is 0. The summed E-state index contributed by atoms with van der Waals surface area (Å²) in [6, 6.07) is 0. The number of nitrogens with zero attached hydrogens (tertiary/aromatic N) is 2. The van der Waals surface area contributed by atoms with Gasteiger partial charge >= 0.3 is 0 Å². The van der Waals surface area contributed by atoms with Gasteiger partial charge in [0.25, 0.3) is 0 Å². The van der Waals surface area contributed by atoms with Crippen LogP contribution in [-0.4, -0.2) is 49.2 Å². The zero-order valence-electron chi connectivity index (χ0n) is 10.0. The molecule has 0 aliphatic carbocycles. The molecule has 7 nitrogen and oxygen atoms in total. The lowest BCUT2D eigenvalue weighted by Crippen LogP contribution is -2.37. The van der Waals surface area contributed by atoms with Crippen molar-refractivity contribution >= 4 is 11.6 Å². The van der Waals surface area contributed by atoms with Gasteiger partial charge in [-0.05, 0) is 0 Å². The Bertz CT molecular complexity index is 353. The number of aromatic nitrogens is 2. The van der Waals surface area contributed by atoms with Crippen LogP contribution >= 0.6 is 0 Å². The summed E-state index contributed by atoms with van der Waals surface area (Å²) in [5.74, 6) is -0.147. The quantitative estimate of drug-likeness (QED) is 0.656. The first kappa shape index (κ1) is 13.5. The van der Waals surface area contributed by atoms with Crippen LogP contribution in [0.25, 0.3) is 0 Å². The highest BCUT2D eigenvalue weighted by molar-refractivity contribution is 5.75. The maximum absolute atomic E-state index is 11.5. The molecule has 1 aromatic rings. The van der Waals surface area contributed by atoms with E-state index in [2.05, 4.69) is 10.4 Å². The number of nitrogen functional groups attached to an aromatic ring is 1. The Morgan fingerprint density at radius 2 is 2.41 bits per heavy atom. The van der Waals surface area contributed by atoms with E-state index in [0.29, 0.717) is 18.8 Å². The van der Waals surface area contributed by atoms with E-state index < -0.39 is 0 Å². The lowest BCUT2D eigenvalue weighted by molar-refractivity contribution is -0.122. The molecule has 0 fully saturated rings.